The van der Waals surface area contributed by atoms with Crippen molar-refractivity contribution in [2.24, 2.45) is 0 Å². The van der Waals surface area contributed by atoms with E-state index in [-0.39, 0.29) is 5.66 Å². The average Bonchev–Trinajstić information content (AvgIpc) is 2.53. The highest BCUT2D eigenvalue weighted by Gasteiger charge is 2.49. The van der Waals surface area contributed by atoms with Gasteiger partial charge in [0.1, 0.15) is 12.2 Å². The van der Waals surface area contributed by atoms with Gasteiger partial charge < -0.3 is 5.32 Å². The van der Waals surface area contributed by atoms with Crippen molar-refractivity contribution >= 4 is 0 Å². The van der Waals surface area contributed by atoms with E-state index in [2.05, 4.69) is 70.0 Å². The summed E-state index contributed by atoms with van der Waals surface area (Å²) >= 11 is 0. The minimum atomic E-state index is -0.135. The highest BCUT2D eigenvalue weighted by Crippen LogP contribution is 2.37. The molecule has 1 heterocycles. The molecular formula is C16H23N2+. The molecule has 0 aromatic heterocycles. The number of quaternary nitrogens is 1. The summed E-state index contributed by atoms with van der Waals surface area (Å²) in [4.78, 5) is 0. The molecule has 0 bridgehead atoms. The third-order valence-electron chi connectivity index (χ3n) is 4.49. The molecule has 1 N–H and O–H groups in total. The smallest absolute Gasteiger partial charge is 0.193 e. The number of nitrogens with one attached hydrogen (secondary N) is 1. The molecule has 0 fully saturated rings. The van der Waals surface area contributed by atoms with Crippen LogP contribution in [-0.2, 0) is 6.54 Å². The van der Waals surface area contributed by atoms with Crippen LogP contribution in [0.1, 0.15) is 26.3 Å². The summed E-state index contributed by atoms with van der Waals surface area (Å²) in [6.45, 7) is 11.6. The second-order valence-electron chi connectivity index (χ2n) is 5.52. The Morgan fingerprint density at radius 1 is 1.28 bits per heavy atom. The van der Waals surface area contributed by atoms with Crippen molar-refractivity contribution in [3.05, 3.63) is 59.9 Å². The van der Waals surface area contributed by atoms with Gasteiger partial charge in [0.15, 0.2) is 5.66 Å². The molecular weight excluding hydrogens is 220 g/mol. The van der Waals surface area contributed by atoms with Crippen LogP contribution >= 0.6 is 0 Å². The van der Waals surface area contributed by atoms with Crippen LogP contribution in [0.4, 0.5) is 0 Å². The first-order chi connectivity index (χ1) is 8.43. The Balaban J connectivity index is 2.41. The summed E-state index contributed by atoms with van der Waals surface area (Å²) in [7, 11) is 2.27. The van der Waals surface area contributed by atoms with Crippen LogP contribution in [0.25, 0.3) is 0 Å². The molecule has 1 aromatic rings. The van der Waals surface area contributed by atoms with E-state index in [1.54, 1.807) is 0 Å². The third-order valence-corrected chi connectivity index (χ3v) is 4.49. The number of hydrogen-bond donors (Lipinski definition) is 1. The number of likely N-dealkylation sites (N-methyl/N-ethyl adjacent to an activating group) is 1. The Labute approximate surface area is 110 Å². The average molecular weight is 243 g/mol. The number of hydrogen-bond acceptors (Lipinski definition) is 1. The normalized spacial score (nSPS) is 31.3. The molecule has 0 radical (unpaired) electrons. The van der Waals surface area contributed by atoms with Gasteiger partial charge in [-0.1, -0.05) is 36.9 Å². The van der Waals surface area contributed by atoms with Crippen molar-refractivity contribution in [1.29, 1.82) is 0 Å². The number of nitrogens with zero attached hydrogens (tertiary/aromatic N) is 1. The van der Waals surface area contributed by atoms with Crippen LogP contribution < -0.4 is 5.32 Å². The van der Waals surface area contributed by atoms with Gasteiger partial charge in [-0.15, -0.1) is 0 Å². The van der Waals surface area contributed by atoms with Crippen molar-refractivity contribution in [2.45, 2.75) is 33.0 Å². The summed E-state index contributed by atoms with van der Waals surface area (Å²) in [5.41, 5.74) is 3.85. The molecule has 0 saturated heterocycles. The van der Waals surface area contributed by atoms with Crippen LogP contribution in [0, 0.1) is 0 Å². The highest BCUT2D eigenvalue weighted by atomic mass is 15.5. The minimum Gasteiger partial charge on any atom is -0.329 e. The van der Waals surface area contributed by atoms with E-state index < -0.39 is 0 Å². The summed E-state index contributed by atoms with van der Waals surface area (Å²) in [6, 6.07) is 10.6. The maximum atomic E-state index is 4.02. The van der Waals surface area contributed by atoms with E-state index >= 15 is 0 Å². The first-order valence-corrected chi connectivity index (χ1v) is 6.42. The lowest BCUT2D eigenvalue weighted by molar-refractivity contribution is -0.924. The van der Waals surface area contributed by atoms with Crippen molar-refractivity contribution in [2.75, 3.05) is 7.05 Å². The van der Waals surface area contributed by atoms with Gasteiger partial charge in [0.2, 0.25) is 0 Å². The Morgan fingerprint density at radius 2 is 1.89 bits per heavy atom. The van der Waals surface area contributed by atoms with Gasteiger partial charge >= 0.3 is 0 Å². The Hall–Kier alpha value is -1.54. The van der Waals surface area contributed by atoms with Gasteiger partial charge in [0, 0.05) is 19.4 Å². The van der Waals surface area contributed by atoms with Crippen LogP contribution in [-0.4, -0.2) is 17.2 Å². The SMILES string of the molecule is C=CC1(C)NC(C)=C(C)[N+]1(C)Cc1ccccc1. The van der Waals surface area contributed by atoms with Gasteiger partial charge in [0.05, 0.1) is 12.7 Å². The standard InChI is InChI=1S/C16H23N2/c1-6-16(4)17-13(2)14(3)18(16,5)12-15-10-8-7-9-11-15/h6-11,17H,1,12H2,2-5H3/q+1. The van der Waals surface area contributed by atoms with E-state index in [4.69, 9.17) is 0 Å². The van der Waals surface area contributed by atoms with Crippen molar-refractivity contribution in [1.82, 2.24) is 5.32 Å². The van der Waals surface area contributed by atoms with E-state index in [0.29, 0.717) is 0 Å². The van der Waals surface area contributed by atoms with Gasteiger partial charge in [-0.2, -0.15) is 0 Å². The molecule has 2 rings (SSSR count). The number of rotatable bonds is 3. The second-order valence-corrected chi connectivity index (χ2v) is 5.52. The van der Waals surface area contributed by atoms with E-state index in [1.165, 1.54) is 17.0 Å². The van der Waals surface area contributed by atoms with Crippen molar-refractivity contribution in [3.63, 3.8) is 0 Å². The fraction of sp³-hybridized carbons (Fsp3) is 0.375. The van der Waals surface area contributed by atoms with Gasteiger partial charge in [-0.05, 0) is 13.0 Å². The molecule has 96 valence electrons. The summed E-state index contributed by atoms with van der Waals surface area (Å²) in [5.74, 6) is 0. The first kappa shape index (κ1) is 12.9. The Bertz CT molecular complexity index is 489. The van der Waals surface area contributed by atoms with E-state index in [1.807, 2.05) is 6.08 Å². The quantitative estimate of drug-likeness (QED) is 0.634. The van der Waals surface area contributed by atoms with Crippen LogP contribution in [0.3, 0.4) is 0 Å². The zero-order chi connectivity index (χ0) is 13.4. The van der Waals surface area contributed by atoms with E-state index in [0.717, 1.165) is 11.0 Å². The molecule has 2 nitrogen and oxygen atoms in total. The minimum absolute atomic E-state index is 0.135. The van der Waals surface area contributed by atoms with Crippen molar-refractivity contribution in [3.8, 4) is 0 Å². The number of benzene rings is 1. The molecule has 2 unspecified atom stereocenters. The second kappa shape index (κ2) is 4.29. The molecule has 2 atom stereocenters. The molecule has 1 aliphatic rings. The van der Waals surface area contributed by atoms with E-state index in [9.17, 15) is 0 Å². The Kier molecular flexibility index (Phi) is 3.07. The van der Waals surface area contributed by atoms with Crippen LogP contribution in [0.5, 0.6) is 0 Å². The van der Waals surface area contributed by atoms with Gasteiger partial charge in [0.25, 0.3) is 0 Å². The zero-order valence-corrected chi connectivity index (χ0v) is 11.8. The number of allylic oxidation sites excluding steroid dienone is 2. The molecule has 0 amide bonds. The topological polar surface area (TPSA) is 12.0 Å². The van der Waals surface area contributed by atoms with Crippen LogP contribution in [0.15, 0.2) is 54.4 Å². The first-order valence-electron chi connectivity index (χ1n) is 6.42. The maximum Gasteiger partial charge on any atom is 0.193 e. The predicted molar refractivity (Wildman–Crippen MR) is 76.4 cm³/mol. The highest BCUT2D eigenvalue weighted by molar-refractivity contribution is 5.19. The fourth-order valence-corrected chi connectivity index (χ4v) is 2.80. The van der Waals surface area contributed by atoms with Crippen molar-refractivity contribution < 1.29 is 4.48 Å². The van der Waals surface area contributed by atoms with Gasteiger partial charge in [-0.25, -0.2) is 0 Å². The lowest BCUT2D eigenvalue weighted by atomic mass is 10.1. The summed E-state index contributed by atoms with van der Waals surface area (Å²) in [6.07, 6.45) is 2.02. The molecule has 2 heteroatoms. The molecule has 18 heavy (non-hydrogen) atoms. The maximum absolute atomic E-state index is 4.02. The summed E-state index contributed by atoms with van der Waals surface area (Å²) < 4.78 is 0.840. The molecule has 0 spiro atoms. The third kappa shape index (κ3) is 1.77. The summed E-state index contributed by atoms with van der Waals surface area (Å²) in [5, 5.41) is 3.57. The van der Waals surface area contributed by atoms with Gasteiger partial charge in [-0.3, -0.25) is 4.48 Å². The largest absolute Gasteiger partial charge is 0.329 e. The van der Waals surface area contributed by atoms with Crippen LogP contribution in [0.2, 0.25) is 0 Å². The molecule has 1 aliphatic heterocycles. The lowest BCUT2D eigenvalue weighted by Crippen LogP contribution is -2.59. The Morgan fingerprint density at radius 3 is 2.44 bits per heavy atom. The lowest BCUT2D eigenvalue weighted by Gasteiger charge is -2.42. The monoisotopic (exact) mass is 243 g/mol. The zero-order valence-electron chi connectivity index (χ0n) is 11.8. The molecule has 0 saturated carbocycles. The predicted octanol–water partition coefficient (Wildman–Crippen LogP) is 3.39. The fourth-order valence-electron chi connectivity index (χ4n) is 2.80. The molecule has 0 aliphatic carbocycles. The molecule has 1 aromatic carbocycles.